The number of hydrogen-bond donors (Lipinski definition) is 3. The van der Waals surface area contributed by atoms with E-state index in [1.54, 1.807) is 29.2 Å². The normalized spacial score (nSPS) is 11.8. The summed E-state index contributed by atoms with van der Waals surface area (Å²) in [5, 5.41) is 17.1. The number of hydrogen-bond acceptors (Lipinski definition) is 5. The van der Waals surface area contributed by atoms with Gasteiger partial charge in [-0.15, -0.1) is 0 Å². The zero-order valence-electron chi connectivity index (χ0n) is 34.8. The van der Waals surface area contributed by atoms with Crippen molar-refractivity contribution in [3.05, 3.63) is 143 Å². The van der Waals surface area contributed by atoms with Crippen LogP contribution in [0.2, 0.25) is 10.0 Å². The first-order valence-corrected chi connectivity index (χ1v) is 20.2. The Hall–Kier alpha value is -5.22. The molecular weight excluding hydrogens is 767 g/mol. The van der Waals surface area contributed by atoms with Crippen LogP contribution in [0.1, 0.15) is 108 Å². The second-order valence-electron chi connectivity index (χ2n) is 16.7. The topological polar surface area (TPSA) is 114 Å². The predicted octanol–water partition coefficient (Wildman–Crippen LogP) is 11.0. The van der Waals surface area contributed by atoms with Gasteiger partial charge >= 0.3 is 0 Å². The van der Waals surface area contributed by atoms with Gasteiger partial charge in [0.15, 0.2) is 0 Å². The minimum atomic E-state index is -0.307. The van der Waals surface area contributed by atoms with E-state index in [4.69, 9.17) is 23.2 Å². The van der Waals surface area contributed by atoms with Gasteiger partial charge in [-0.3, -0.25) is 9.59 Å². The van der Waals surface area contributed by atoms with E-state index in [9.17, 15) is 14.7 Å². The molecule has 11 heteroatoms. The molecule has 0 aliphatic rings. The second kappa shape index (κ2) is 18.1. The Morgan fingerprint density at radius 3 is 1.43 bits per heavy atom. The Morgan fingerprint density at radius 1 is 0.603 bits per heavy atom. The second-order valence-corrected chi connectivity index (χ2v) is 17.5. The van der Waals surface area contributed by atoms with Crippen LogP contribution in [0.3, 0.4) is 0 Å². The lowest BCUT2D eigenvalue weighted by Crippen LogP contribution is -2.42. The van der Waals surface area contributed by atoms with E-state index in [1.807, 2.05) is 114 Å². The molecule has 2 aromatic heterocycles. The monoisotopic (exact) mass is 820 g/mol. The van der Waals surface area contributed by atoms with Crippen molar-refractivity contribution in [3.8, 4) is 33.6 Å². The molecular formula is C47H54Cl2N6O3. The molecule has 0 aliphatic heterocycles. The molecule has 0 saturated heterocycles. The van der Waals surface area contributed by atoms with E-state index in [1.165, 1.54) is 0 Å². The largest absolute Gasteiger partial charge is 0.388 e. The molecule has 0 fully saturated rings. The molecule has 0 bridgehead atoms. The van der Waals surface area contributed by atoms with Crippen LogP contribution in [0.4, 0.5) is 0 Å². The Morgan fingerprint density at radius 2 is 1.02 bits per heavy atom. The van der Waals surface area contributed by atoms with E-state index in [0.29, 0.717) is 27.0 Å². The number of benzene rings is 4. The number of amides is 2. The van der Waals surface area contributed by atoms with Gasteiger partial charge in [0.25, 0.3) is 11.8 Å². The minimum Gasteiger partial charge on any atom is -0.388 e. The van der Waals surface area contributed by atoms with Crippen molar-refractivity contribution in [2.24, 2.45) is 0 Å². The average molecular weight is 822 g/mol. The Bertz CT molecular complexity index is 2350. The number of aliphatic hydroxyl groups is 1. The van der Waals surface area contributed by atoms with Gasteiger partial charge in [-0.05, 0) is 123 Å². The van der Waals surface area contributed by atoms with E-state index in [2.05, 4.69) is 58.9 Å². The van der Waals surface area contributed by atoms with Gasteiger partial charge in [0.05, 0.1) is 0 Å². The van der Waals surface area contributed by atoms with Crippen LogP contribution in [0.15, 0.2) is 110 Å². The number of aromatic nitrogens is 4. The Balaban J connectivity index is 0.000000221. The first-order valence-electron chi connectivity index (χ1n) is 19.5. The van der Waals surface area contributed by atoms with Gasteiger partial charge in [-0.2, -0.15) is 0 Å². The number of rotatable bonds is 11. The highest BCUT2D eigenvalue weighted by Gasteiger charge is 2.24. The number of nitrogens with one attached hydrogen (secondary N) is 2. The molecule has 0 spiro atoms. The maximum atomic E-state index is 13.1. The standard InChI is InChI=1S/C25H30ClN3O.C22H24ClN3O2/c1-7-25(5,6)28-22(30)19-14-18(17-8-10-20(26)11-9-17)15-21(16-19)29-13-12-27-23(29)24(2,3)4;1-4-22(2,3)25-21(28)17-11-16(15-5-7-18(23)8-6-15)12-19(13-17)26-10-9-24-20(26)14-27/h8-16H,7H2,1-6H3,(H,28,30);5-13,27H,4,14H2,1-3H3,(H,25,28). The van der Waals surface area contributed by atoms with E-state index >= 15 is 0 Å². The third-order valence-corrected chi connectivity index (χ3v) is 10.6. The predicted molar refractivity (Wildman–Crippen MR) is 236 cm³/mol. The average Bonchev–Trinajstić information content (AvgIpc) is 3.89. The molecule has 4 aromatic carbocycles. The molecule has 0 aliphatic carbocycles. The van der Waals surface area contributed by atoms with E-state index in [-0.39, 0.29) is 34.9 Å². The first-order chi connectivity index (χ1) is 27.3. The Kier molecular flexibility index (Phi) is 13.7. The summed E-state index contributed by atoms with van der Waals surface area (Å²) in [5.74, 6) is 1.22. The minimum absolute atomic E-state index is 0.0867. The molecule has 58 heavy (non-hydrogen) atoms. The van der Waals surface area contributed by atoms with Crippen molar-refractivity contribution in [1.29, 1.82) is 0 Å². The molecule has 0 atom stereocenters. The SMILES string of the molecule is CCC(C)(C)NC(=O)c1cc(-c2ccc(Cl)cc2)cc(-n2ccnc2C(C)(C)C)c1.CCC(C)(C)NC(=O)c1cc(-c2ccc(Cl)cc2)cc(-n2ccnc2CO)c1. The van der Waals surface area contributed by atoms with Crippen molar-refractivity contribution < 1.29 is 14.7 Å². The summed E-state index contributed by atoms with van der Waals surface area (Å²) in [7, 11) is 0. The van der Waals surface area contributed by atoms with Crippen LogP contribution in [0.5, 0.6) is 0 Å². The maximum Gasteiger partial charge on any atom is 0.251 e. The fraction of sp³-hybridized carbons (Fsp3) is 0.319. The highest BCUT2D eigenvalue weighted by atomic mass is 35.5. The maximum absolute atomic E-state index is 13.1. The highest BCUT2D eigenvalue weighted by Crippen LogP contribution is 2.30. The van der Waals surface area contributed by atoms with Gasteiger partial charge in [0.2, 0.25) is 0 Å². The lowest BCUT2D eigenvalue weighted by molar-refractivity contribution is 0.0902. The molecule has 2 heterocycles. The third-order valence-electron chi connectivity index (χ3n) is 10.1. The molecule has 3 N–H and O–H groups in total. The Labute approximate surface area is 352 Å². The van der Waals surface area contributed by atoms with Gasteiger partial charge in [0.1, 0.15) is 18.3 Å². The number of carbonyl (C=O) groups is 2. The smallest absolute Gasteiger partial charge is 0.251 e. The molecule has 6 aromatic rings. The molecule has 9 nitrogen and oxygen atoms in total. The quantitative estimate of drug-likeness (QED) is 0.120. The zero-order chi connectivity index (χ0) is 42.4. The van der Waals surface area contributed by atoms with Crippen molar-refractivity contribution in [1.82, 2.24) is 29.7 Å². The van der Waals surface area contributed by atoms with E-state index < -0.39 is 0 Å². The number of halogens is 2. The third kappa shape index (κ3) is 11.0. The molecule has 0 unspecified atom stereocenters. The first kappa shape index (κ1) is 43.9. The summed E-state index contributed by atoms with van der Waals surface area (Å²) in [4.78, 5) is 34.8. The van der Waals surface area contributed by atoms with Crippen molar-refractivity contribution in [2.45, 2.75) is 98.3 Å². The number of imidazole rings is 2. The lowest BCUT2D eigenvalue weighted by Gasteiger charge is -2.25. The van der Waals surface area contributed by atoms with Crippen molar-refractivity contribution in [3.63, 3.8) is 0 Å². The van der Waals surface area contributed by atoms with Gasteiger partial charge in [0, 0.05) is 73.8 Å². The van der Waals surface area contributed by atoms with Gasteiger partial charge < -0.3 is 24.9 Å². The molecule has 0 saturated carbocycles. The fourth-order valence-corrected chi connectivity index (χ4v) is 6.32. The number of aliphatic hydroxyl groups excluding tert-OH is 1. The highest BCUT2D eigenvalue weighted by molar-refractivity contribution is 6.31. The lowest BCUT2D eigenvalue weighted by atomic mass is 9.95. The summed E-state index contributed by atoms with van der Waals surface area (Å²) in [6.07, 6.45) is 8.80. The van der Waals surface area contributed by atoms with Crippen LogP contribution in [-0.4, -0.2) is 47.1 Å². The summed E-state index contributed by atoms with van der Waals surface area (Å²) in [6.45, 7) is 18.4. The van der Waals surface area contributed by atoms with Crippen LogP contribution in [0, 0.1) is 0 Å². The fourth-order valence-electron chi connectivity index (χ4n) is 6.07. The van der Waals surface area contributed by atoms with Crippen molar-refractivity contribution in [2.75, 3.05) is 0 Å². The number of nitrogens with zero attached hydrogens (tertiary/aromatic N) is 4. The summed E-state index contributed by atoms with van der Waals surface area (Å²) in [6, 6.07) is 26.7. The van der Waals surface area contributed by atoms with Crippen molar-refractivity contribution >= 4 is 35.0 Å². The molecule has 6 rings (SSSR count). The van der Waals surface area contributed by atoms with Crippen LogP contribution < -0.4 is 10.6 Å². The zero-order valence-corrected chi connectivity index (χ0v) is 36.3. The van der Waals surface area contributed by atoms with Gasteiger partial charge in [-0.1, -0.05) is 82.1 Å². The summed E-state index contributed by atoms with van der Waals surface area (Å²) >= 11 is 12.1. The van der Waals surface area contributed by atoms with E-state index in [0.717, 1.165) is 52.3 Å². The van der Waals surface area contributed by atoms with Crippen LogP contribution in [-0.2, 0) is 12.0 Å². The van der Waals surface area contributed by atoms with Gasteiger partial charge in [-0.25, -0.2) is 9.97 Å². The summed E-state index contributed by atoms with van der Waals surface area (Å²) in [5.41, 5.74) is 5.89. The molecule has 2 amide bonds. The molecule has 0 radical (unpaired) electrons. The summed E-state index contributed by atoms with van der Waals surface area (Å²) < 4.78 is 3.84. The van der Waals surface area contributed by atoms with Crippen LogP contribution >= 0.6 is 23.2 Å². The van der Waals surface area contributed by atoms with Crippen LogP contribution in [0.25, 0.3) is 33.6 Å². The number of carbonyl (C=O) groups excluding carboxylic acids is 2. The molecule has 304 valence electrons.